The molecular weight excluding hydrogens is 148 g/mol. The third-order valence-corrected chi connectivity index (χ3v) is 3.16. The molecule has 2 N–H and O–H groups in total. The smallest absolute Gasteiger partial charge is 0.00988 e. The molecule has 1 aliphatic rings. The maximum absolute atomic E-state index is 5.57. The maximum Gasteiger partial charge on any atom is 0.00988 e. The van der Waals surface area contributed by atoms with Gasteiger partial charge in [-0.15, -0.1) is 0 Å². The molecule has 0 bridgehead atoms. The van der Waals surface area contributed by atoms with Gasteiger partial charge in [-0.2, -0.15) is 0 Å². The third kappa shape index (κ3) is 1.99. The summed E-state index contributed by atoms with van der Waals surface area (Å²) in [7, 11) is 0. The fourth-order valence-electron chi connectivity index (χ4n) is 2.36. The molecule has 0 aromatic rings. The first-order valence-corrected chi connectivity index (χ1v) is 5.12. The van der Waals surface area contributed by atoms with Crippen molar-refractivity contribution < 1.29 is 0 Å². The van der Waals surface area contributed by atoms with E-state index in [1.54, 1.807) is 0 Å². The van der Waals surface area contributed by atoms with Crippen LogP contribution in [-0.4, -0.2) is 30.1 Å². The Morgan fingerprint density at radius 1 is 1.50 bits per heavy atom. The van der Waals surface area contributed by atoms with Gasteiger partial charge in [0.15, 0.2) is 0 Å². The Labute approximate surface area is 76.1 Å². The zero-order valence-electron chi connectivity index (χ0n) is 8.59. The average Bonchev–Trinajstić information content (AvgIpc) is 2.34. The highest BCUT2D eigenvalue weighted by Gasteiger charge is 2.30. The van der Waals surface area contributed by atoms with Gasteiger partial charge in [0.2, 0.25) is 0 Å². The summed E-state index contributed by atoms with van der Waals surface area (Å²) in [5.41, 5.74) is 5.57. The molecule has 0 aromatic heterocycles. The SMILES string of the molecule is CC(C)N1CCC(CCN)C1C. The molecule has 0 amide bonds. The van der Waals surface area contributed by atoms with Crippen LogP contribution < -0.4 is 5.73 Å². The minimum absolute atomic E-state index is 0.697. The van der Waals surface area contributed by atoms with E-state index in [1.165, 1.54) is 19.4 Å². The second-order valence-corrected chi connectivity index (χ2v) is 4.20. The van der Waals surface area contributed by atoms with Crippen LogP contribution in [0.1, 0.15) is 33.6 Å². The zero-order valence-corrected chi connectivity index (χ0v) is 8.59. The summed E-state index contributed by atoms with van der Waals surface area (Å²) in [5.74, 6) is 0.845. The minimum atomic E-state index is 0.697. The van der Waals surface area contributed by atoms with Gasteiger partial charge >= 0.3 is 0 Å². The van der Waals surface area contributed by atoms with Crippen LogP contribution in [0, 0.1) is 5.92 Å². The van der Waals surface area contributed by atoms with Crippen LogP contribution in [-0.2, 0) is 0 Å². The number of nitrogens with zero attached hydrogens (tertiary/aromatic N) is 1. The van der Waals surface area contributed by atoms with Crippen molar-refractivity contribution >= 4 is 0 Å². The van der Waals surface area contributed by atoms with Crippen molar-refractivity contribution in [2.75, 3.05) is 13.1 Å². The molecule has 2 heteroatoms. The molecule has 12 heavy (non-hydrogen) atoms. The minimum Gasteiger partial charge on any atom is -0.330 e. The summed E-state index contributed by atoms with van der Waals surface area (Å²) in [6.45, 7) is 9.01. The number of hydrogen-bond donors (Lipinski definition) is 1. The van der Waals surface area contributed by atoms with E-state index in [4.69, 9.17) is 5.73 Å². The predicted molar refractivity (Wildman–Crippen MR) is 53.1 cm³/mol. The van der Waals surface area contributed by atoms with E-state index < -0.39 is 0 Å². The molecule has 2 nitrogen and oxygen atoms in total. The fraction of sp³-hybridized carbons (Fsp3) is 1.00. The Hall–Kier alpha value is -0.0800. The Morgan fingerprint density at radius 3 is 2.58 bits per heavy atom. The van der Waals surface area contributed by atoms with Gasteiger partial charge in [-0.05, 0) is 52.6 Å². The summed E-state index contributed by atoms with van der Waals surface area (Å²) in [4.78, 5) is 2.58. The van der Waals surface area contributed by atoms with Gasteiger partial charge in [0.05, 0.1) is 0 Å². The molecule has 1 heterocycles. The molecule has 0 spiro atoms. The number of rotatable bonds is 3. The quantitative estimate of drug-likeness (QED) is 0.694. The van der Waals surface area contributed by atoms with Crippen LogP contribution in [0.3, 0.4) is 0 Å². The van der Waals surface area contributed by atoms with E-state index in [0.29, 0.717) is 6.04 Å². The standard InChI is InChI=1S/C10H22N2/c1-8(2)12-7-5-10(4-6-11)9(12)3/h8-10H,4-7,11H2,1-3H3. The van der Waals surface area contributed by atoms with Crippen LogP contribution in [0.2, 0.25) is 0 Å². The van der Waals surface area contributed by atoms with Gasteiger partial charge in [0.1, 0.15) is 0 Å². The monoisotopic (exact) mass is 170 g/mol. The van der Waals surface area contributed by atoms with E-state index in [1.807, 2.05) is 0 Å². The topological polar surface area (TPSA) is 29.3 Å². The molecule has 1 fully saturated rings. The Balaban J connectivity index is 2.43. The molecule has 0 radical (unpaired) electrons. The number of likely N-dealkylation sites (tertiary alicyclic amines) is 1. The molecule has 1 aliphatic heterocycles. The summed E-state index contributed by atoms with van der Waals surface area (Å²) in [6, 6.07) is 1.44. The molecule has 0 aromatic carbocycles. The first kappa shape index (κ1) is 10.0. The maximum atomic E-state index is 5.57. The largest absolute Gasteiger partial charge is 0.330 e. The Morgan fingerprint density at radius 2 is 2.17 bits per heavy atom. The Kier molecular flexibility index (Phi) is 3.53. The number of nitrogens with two attached hydrogens (primary N) is 1. The molecule has 1 rings (SSSR count). The Bertz CT molecular complexity index is 134. The molecule has 2 atom stereocenters. The van der Waals surface area contributed by atoms with Gasteiger partial charge in [-0.3, -0.25) is 4.90 Å². The van der Waals surface area contributed by atoms with E-state index in [0.717, 1.165) is 18.5 Å². The lowest BCUT2D eigenvalue weighted by Gasteiger charge is -2.27. The van der Waals surface area contributed by atoms with E-state index in [-0.39, 0.29) is 0 Å². The van der Waals surface area contributed by atoms with E-state index in [9.17, 15) is 0 Å². The van der Waals surface area contributed by atoms with E-state index in [2.05, 4.69) is 25.7 Å². The molecule has 72 valence electrons. The van der Waals surface area contributed by atoms with Gasteiger partial charge in [0.25, 0.3) is 0 Å². The lowest BCUT2D eigenvalue weighted by Crippen LogP contribution is -2.36. The van der Waals surface area contributed by atoms with Crippen molar-refractivity contribution in [2.45, 2.75) is 45.7 Å². The second kappa shape index (κ2) is 4.24. The fourth-order valence-corrected chi connectivity index (χ4v) is 2.36. The zero-order chi connectivity index (χ0) is 9.14. The van der Waals surface area contributed by atoms with Crippen LogP contribution in [0.25, 0.3) is 0 Å². The summed E-state index contributed by atoms with van der Waals surface area (Å²) < 4.78 is 0. The molecule has 1 saturated heterocycles. The highest BCUT2D eigenvalue weighted by atomic mass is 15.2. The lowest BCUT2D eigenvalue weighted by atomic mass is 9.98. The van der Waals surface area contributed by atoms with Crippen molar-refractivity contribution in [3.63, 3.8) is 0 Å². The van der Waals surface area contributed by atoms with Crippen LogP contribution >= 0.6 is 0 Å². The lowest BCUT2D eigenvalue weighted by molar-refractivity contribution is 0.193. The van der Waals surface area contributed by atoms with Crippen molar-refractivity contribution in [3.05, 3.63) is 0 Å². The van der Waals surface area contributed by atoms with Crippen molar-refractivity contribution in [1.82, 2.24) is 4.90 Å². The van der Waals surface area contributed by atoms with Crippen LogP contribution in [0.4, 0.5) is 0 Å². The normalized spacial score (nSPS) is 31.8. The summed E-state index contributed by atoms with van der Waals surface area (Å²) >= 11 is 0. The van der Waals surface area contributed by atoms with Crippen LogP contribution in [0.15, 0.2) is 0 Å². The predicted octanol–water partition coefficient (Wildman–Crippen LogP) is 1.45. The van der Waals surface area contributed by atoms with Gasteiger partial charge in [-0.1, -0.05) is 0 Å². The molecular formula is C10H22N2. The highest BCUT2D eigenvalue weighted by molar-refractivity contribution is 4.85. The average molecular weight is 170 g/mol. The van der Waals surface area contributed by atoms with Gasteiger partial charge < -0.3 is 5.73 Å². The van der Waals surface area contributed by atoms with Gasteiger partial charge in [-0.25, -0.2) is 0 Å². The third-order valence-electron chi connectivity index (χ3n) is 3.16. The van der Waals surface area contributed by atoms with Gasteiger partial charge in [0, 0.05) is 12.1 Å². The second-order valence-electron chi connectivity index (χ2n) is 4.20. The first-order valence-electron chi connectivity index (χ1n) is 5.12. The molecule has 0 aliphatic carbocycles. The highest BCUT2D eigenvalue weighted by Crippen LogP contribution is 2.27. The number of hydrogen-bond acceptors (Lipinski definition) is 2. The van der Waals surface area contributed by atoms with Crippen molar-refractivity contribution in [1.29, 1.82) is 0 Å². The van der Waals surface area contributed by atoms with E-state index >= 15 is 0 Å². The van der Waals surface area contributed by atoms with Crippen molar-refractivity contribution in [3.8, 4) is 0 Å². The molecule has 0 saturated carbocycles. The van der Waals surface area contributed by atoms with Crippen LogP contribution in [0.5, 0.6) is 0 Å². The molecule has 2 unspecified atom stereocenters. The summed E-state index contributed by atoms with van der Waals surface area (Å²) in [6.07, 6.45) is 2.54. The van der Waals surface area contributed by atoms with Crippen molar-refractivity contribution in [2.24, 2.45) is 11.7 Å². The first-order chi connectivity index (χ1) is 5.66. The summed E-state index contributed by atoms with van der Waals surface area (Å²) in [5, 5.41) is 0.